The van der Waals surface area contributed by atoms with Crippen molar-refractivity contribution in [1.82, 2.24) is 10.0 Å². The number of anilines is 1. The van der Waals surface area contributed by atoms with Crippen LogP contribution in [0.15, 0.2) is 53.4 Å². The second kappa shape index (κ2) is 8.79. The molecule has 8 heteroatoms. The Hall–Kier alpha value is -2.71. The Balaban J connectivity index is 2.12. The van der Waals surface area contributed by atoms with Crippen LogP contribution in [0.3, 0.4) is 0 Å². The molecule has 27 heavy (non-hydrogen) atoms. The lowest BCUT2D eigenvalue weighted by molar-refractivity contribution is 0.0942. The van der Waals surface area contributed by atoms with Crippen molar-refractivity contribution < 1.29 is 18.0 Å². The van der Waals surface area contributed by atoms with E-state index >= 15 is 0 Å². The predicted molar refractivity (Wildman–Crippen MR) is 104 cm³/mol. The summed E-state index contributed by atoms with van der Waals surface area (Å²) in [7, 11) is -3.64. The first-order chi connectivity index (χ1) is 12.7. The molecule has 0 fully saturated rings. The molecule has 0 aromatic heterocycles. The number of carbonyl (C=O) groups is 2. The zero-order valence-corrected chi connectivity index (χ0v) is 16.3. The van der Waals surface area contributed by atoms with E-state index in [1.54, 1.807) is 31.2 Å². The van der Waals surface area contributed by atoms with Gasteiger partial charge in [-0.1, -0.05) is 13.0 Å². The number of nitrogens with one attached hydrogen (secondary N) is 3. The quantitative estimate of drug-likeness (QED) is 0.676. The van der Waals surface area contributed by atoms with Crippen LogP contribution in [0.5, 0.6) is 0 Å². The van der Waals surface area contributed by atoms with Crippen molar-refractivity contribution in [1.29, 1.82) is 0 Å². The Morgan fingerprint density at radius 2 is 1.63 bits per heavy atom. The van der Waals surface area contributed by atoms with Crippen LogP contribution >= 0.6 is 0 Å². The monoisotopic (exact) mass is 389 g/mol. The largest absolute Gasteiger partial charge is 0.350 e. The predicted octanol–water partition coefficient (Wildman–Crippen LogP) is 2.38. The fourth-order valence-corrected chi connectivity index (χ4v) is 3.42. The summed E-state index contributed by atoms with van der Waals surface area (Å²) in [6.07, 6.45) is 0. The summed E-state index contributed by atoms with van der Waals surface area (Å²) in [6.45, 7) is 5.68. The van der Waals surface area contributed by atoms with Gasteiger partial charge in [0.05, 0.1) is 4.90 Å². The molecule has 0 spiro atoms. The maximum atomic E-state index is 12.4. The molecule has 0 unspecified atom stereocenters. The van der Waals surface area contributed by atoms with Gasteiger partial charge in [-0.2, -0.15) is 0 Å². The molecule has 0 heterocycles. The molecule has 0 saturated carbocycles. The van der Waals surface area contributed by atoms with Crippen molar-refractivity contribution in [3.63, 3.8) is 0 Å². The summed E-state index contributed by atoms with van der Waals surface area (Å²) in [4.78, 5) is 24.4. The molecule has 0 aliphatic heterocycles. The van der Waals surface area contributed by atoms with Gasteiger partial charge in [0.15, 0.2) is 0 Å². The van der Waals surface area contributed by atoms with Crippen LogP contribution in [0, 0.1) is 0 Å². The molecular formula is C19H23N3O4S. The minimum atomic E-state index is -3.64. The average Bonchev–Trinajstić information content (AvgIpc) is 2.62. The van der Waals surface area contributed by atoms with E-state index < -0.39 is 15.9 Å². The number of rotatable bonds is 7. The highest BCUT2D eigenvalue weighted by molar-refractivity contribution is 7.89. The van der Waals surface area contributed by atoms with Crippen molar-refractivity contribution in [3.05, 3.63) is 59.7 Å². The molecule has 0 aliphatic carbocycles. The summed E-state index contributed by atoms with van der Waals surface area (Å²) < 4.78 is 26.5. The van der Waals surface area contributed by atoms with Gasteiger partial charge in [-0.15, -0.1) is 0 Å². The van der Waals surface area contributed by atoms with E-state index in [0.29, 0.717) is 11.3 Å². The Morgan fingerprint density at radius 1 is 0.963 bits per heavy atom. The minimum Gasteiger partial charge on any atom is -0.350 e. The molecule has 0 saturated heterocycles. The van der Waals surface area contributed by atoms with E-state index in [1.807, 2.05) is 13.8 Å². The minimum absolute atomic E-state index is 0.0257. The van der Waals surface area contributed by atoms with E-state index in [9.17, 15) is 18.0 Å². The molecule has 144 valence electrons. The van der Waals surface area contributed by atoms with Crippen molar-refractivity contribution >= 4 is 27.5 Å². The van der Waals surface area contributed by atoms with Crippen LogP contribution in [0.1, 0.15) is 41.5 Å². The van der Waals surface area contributed by atoms with Gasteiger partial charge >= 0.3 is 0 Å². The third-order valence-corrected chi connectivity index (χ3v) is 5.11. The molecule has 7 nitrogen and oxygen atoms in total. The van der Waals surface area contributed by atoms with Crippen molar-refractivity contribution in [2.24, 2.45) is 0 Å². The molecular weight excluding hydrogens is 366 g/mol. The fraction of sp³-hybridized carbons (Fsp3) is 0.263. The number of carbonyl (C=O) groups excluding carboxylic acids is 2. The Labute approximate surface area is 159 Å². The summed E-state index contributed by atoms with van der Waals surface area (Å²) in [5.41, 5.74) is 1.21. The zero-order valence-electron chi connectivity index (χ0n) is 15.4. The van der Waals surface area contributed by atoms with Gasteiger partial charge in [-0.05, 0) is 56.3 Å². The Kier molecular flexibility index (Phi) is 6.70. The second-order valence-corrected chi connectivity index (χ2v) is 7.96. The normalized spacial score (nSPS) is 11.3. The summed E-state index contributed by atoms with van der Waals surface area (Å²) >= 11 is 0. The highest BCUT2D eigenvalue weighted by atomic mass is 32.2. The third-order valence-electron chi connectivity index (χ3n) is 3.57. The molecule has 3 N–H and O–H groups in total. The smallest absolute Gasteiger partial charge is 0.255 e. The molecule has 0 bridgehead atoms. The van der Waals surface area contributed by atoms with Crippen LogP contribution in [-0.2, 0) is 10.0 Å². The van der Waals surface area contributed by atoms with Gasteiger partial charge in [0.2, 0.25) is 10.0 Å². The van der Waals surface area contributed by atoms with Crippen LogP contribution < -0.4 is 15.4 Å². The SMILES string of the molecule is CCNS(=O)(=O)c1cccc(C(=O)Nc2ccc(C(=O)NC(C)C)cc2)c1. The van der Waals surface area contributed by atoms with E-state index in [1.165, 1.54) is 24.3 Å². The lowest BCUT2D eigenvalue weighted by Gasteiger charge is -2.10. The lowest BCUT2D eigenvalue weighted by atomic mass is 10.1. The number of sulfonamides is 1. The number of hydrogen-bond acceptors (Lipinski definition) is 4. The summed E-state index contributed by atoms with van der Waals surface area (Å²) in [5.74, 6) is -0.632. The van der Waals surface area contributed by atoms with E-state index in [-0.39, 0.29) is 29.0 Å². The van der Waals surface area contributed by atoms with Gasteiger partial charge in [-0.25, -0.2) is 13.1 Å². The van der Waals surface area contributed by atoms with Crippen molar-refractivity contribution in [2.75, 3.05) is 11.9 Å². The van der Waals surface area contributed by atoms with Gasteiger partial charge in [0, 0.05) is 29.4 Å². The van der Waals surface area contributed by atoms with Crippen LogP contribution in [-0.4, -0.2) is 32.8 Å². The number of amides is 2. The Bertz CT molecular complexity index is 922. The summed E-state index contributed by atoms with van der Waals surface area (Å²) in [6, 6.07) is 12.3. The first-order valence-electron chi connectivity index (χ1n) is 8.55. The maximum absolute atomic E-state index is 12.4. The molecule has 0 aliphatic rings. The second-order valence-electron chi connectivity index (χ2n) is 6.19. The molecule has 2 aromatic carbocycles. The van der Waals surface area contributed by atoms with Crippen molar-refractivity contribution in [3.8, 4) is 0 Å². The van der Waals surface area contributed by atoms with Gasteiger partial charge in [0.25, 0.3) is 11.8 Å². The molecule has 2 rings (SSSR count). The maximum Gasteiger partial charge on any atom is 0.255 e. The van der Waals surface area contributed by atoms with Crippen LogP contribution in [0.2, 0.25) is 0 Å². The number of benzene rings is 2. The molecule has 0 atom stereocenters. The van der Waals surface area contributed by atoms with Crippen molar-refractivity contribution in [2.45, 2.75) is 31.7 Å². The van der Waals surface area contributed by atoms with Crippen LogP contribution in [0.4, 0.5) is 5.69 Å². The molecule has 0 radical (unpaired) electrons. The lowest BCUT2D eigenvalue weighted by Crippen LogP contribution is -2.30. The highest BCUT2D eigenvalue weighted by Crippen LogP contribution is 2.15. The average molecular weight is 389 g/mol. The topological polar surface area (TPSA) is 104 Å². The van der Waals surface area contributed by atoms with Crippen LogP contribution in [0.25, 0.3) is 0 Å². The van der Waals surface area contributed by atoms with E-state index in [2.05, 4.69) is 15.4 Å². The molecule has 2 aromatic rings. The molecule has 2 amide bonds. The van der Waals surface area contributed by atoms with Gasteiger partial charge < -0.3 is 10.6 Å². The highest BCUT2D eigenvalue weighted by Gasteiger charge is 2.15. The summed E-state index contributed by atoms with van der Waals surface area (Å²) in [5, 5.41) is 5.48. The van der Waals surface area contributed by atoms with E-state index in [0.717, 1.165) is 0 Å². The van der Waals surface area contributed by atoms with E-state index in [4.69, 9.17) is 0 Å². The number of hydrogen-bond donors (Lipinski definition) is 3. The first kappa shape index (κ1) is 20.6. The fourth-order valence-electron chi connectivity index (χ4n) is 2.33. The zero-order chi connectivity index (χ0) is 20.0. The van der Waals surface area contributed by atoms with Gasteiger partial charge in [0.1, 0.15) is 0 Å². The first-order valence-corrected chi connectivity index (χ1v) is 10.0. The standard InChI is InChI=1S/C19H23N3O4S/c1-4-20-27(25,26)17-7-5-6-15(12-17)19(24)22-16-10-8-14(9-11-16)18(23)21-13(2)3/h5-13,20H,4H2,1-3H3,(H,21,23)(H,22,24). The third kappa shape index (κ3) is 5.63. The van der Waals surface area contributed by atoms with Gasteiger partial charge in [-0.3, -0.25) is 9.59 Å². The Morgan fingerprint density at radius 3 is 2.22 bits per heavy atom.